The molecular formula is C18H16N4O4S2. The average molecular weight is 416 g/mol. The van der Waals surface area contributed by atoms with Crippen LogP contribution in [0, 0.1) is 0 Å². The van der Waals surface area contributed by atoms with Crippen molar-refractivity contribution in [3.63, 3.8) is 0 Å². The van der Waals surface area contributed by atoms with Crippen LogP contribution in [0.2, 0.25) is 0 Å². The van der Waals surface area contributed by atoms with Gasteiger partial charge in [0, 0.05) is 30.0 Å². The topological polar surface area (TPSA) is 102 Å². The standard InChI is InChI=1S/C18H16N4O4S2/c1-22-9-8-19-18(22)27-13-4-2-12(3-5-13)21-28(24,25)14-6-7-16-15(10-14)20-17(23)11-26-16/h2-10,21H,11H2,1H3,(H,20,23). The molecule has 1 aliphatic rings. The van der Waals surface area contributed by atoms with Crippen molar-refractivity contribution in [1.29, 1.82) is 0 Å². The van der Waals surface area contributed by atoms with Crippen molar-refractivity contribution in [2.75, 3.05) is 16.6 Å². The summed E-state index contributed by atoms with van der Waals surface area (Å²) in [6.45, 7) is -0.0833. The minimum Gasteiger partial charge on any atom is -0.482 e. The van der Waals surface area contributed by atoms with Gasteiger partial charge in [0.15, 0.2) is 11.8 Å². The van der Waals surface area contributed by atoms with Crippen LogP contribution in [0.4, 0.5) is 11.4 Å². The van der Waals surface area contributed by atoms with Crippen molar-refractivity contribution in [2.45, 2.75) is 14.9 Å². The van der Waals surface area contributed by atoms with E-state index < -0.39 is 10.0 Å². The normalized spacial score (nSPS) is 13.4. The number of imidazole rings is 1. The Bertz CT molecular complexity index is 1140. The molecule has 2 N–H and O–H groups in total. The Kier molecular flexibility index (Phi) is 4.73. The van der Waals surface area contributed by atoms with Crippen molar-refractivity contribution < 1.29 is 17.9 Å². The first-order valence-corrected chi connectivity index (χ1v) is 10.6. The van der Waals surface area contributed by atoms with Gasteiger partial charge in [-0.2, -0.15) is 0 Å². The zero-order valence-corrected chi connectivity index (χ0v) is 16.4. The van der Waals surface area contributed by atoms with Gasteiger partial charge in [-0.15, -0.1) is 0 Å². The Hall–Kier alpha value is -2.98. The highest BCUT2D eigenvalue weighted by atomic mass is 32.2. The van der Waals surface area contributed by atoms with Crippen LogP contribution in [0.25, 0.3) is 0 Å². The van der Waals surface area contributed by atoms with E-state index in [0.29, 0.717) is 17.1 Å². The minimum absolute atomic E-state index is 0.0310. The molecule has 10 heteroatoms. The van der Waals surface area contributed by atoms with Gasteiger partial charge >= 0.3 is 0 Å². The highest BCUT2D eigenvalue weighted by molar-refractivity contribution is 7.99. The Morgan fingerprint density at radius 3 is 2.71 bits per heavy atom. The highest BCUT2D eigenvalue weighted by Crippen LogP contribution is 2.31. The fourth-order valence-electron chi connectivity index (χ4n) is 2.59. The molecule has 2 heterocycles. The lowest BCUT2D eigenvalue weighted by Crippen LogP contribution is -2.25. The summed E-state index contributed by atoms with van der Waals surface area (Å²) in [5, 5.41) is 3.44. The fraction of sp³-hybridized carbons (Fsp3) is 0.111. The van der Waals surface area contributed by atoms with E-state index in [-0.39, 0.29) is 17.4 Å². The van der Waals surface area contributed by atoms with Gasteiger partial charge in [0.2, 0.25) is 0 Å². The number of carbonyl (C=O) groups excluding carboxylic acids is 1. The molecule has 0 aliphatic carbocycles. The second kappa shape index (κ2) is 7.21. The summed E-state index contributed by atoms with van der Waals surface area (Å²) in [5.74, 6) is 0.116. The molecule has 3 aromatic rings. The number of amides is 1. The number of ether oxygens (including phenoxy) is 1. The van der Waals surface area contributed by atoms with Gasteiger partial charge in [-0.3, -0.25) is 9.52 Å². The smallest absolute Gasteiger partial charge is 0.262 e. The van der Waals surface area contributed by atoms with Gasteiger partial charge in [0.05, 0.1) is 10.6 Å². The highest BCUT2D eigenvalue weighted by Gasteiger charge is 2.21. The molecule has 0 saturated heterocycles. The number of aryl methyl sites for hydroxylation is 1. The Balaban J connectivity index is 1.51. The molecule has 28 heavy (non-hydrogen) atoms. The third kappa shape index (κ3) is 3.82. The van der Waals surface area contributed by atoms with E-state index in [0.717, 1.165) is 10.1 Å². The van der Waals surface area contributed by atoms with Crippen molar-refractivity contribution in [3.8, 4) is 5.75 Å². The zero-order valence-electron chi connectivity index (χ0n) is 14.7. The minimum atomic E-state index is -3.81. The Morgan fingerprint density at radius 2 is 2.00 bits per heavy atom. The Morgan fingerprint density at radius 1 is 1.21 bits per heavy atom. The molecular weight excluding hydrogens is 400 g/mol. The van der Waals surface area contributed by atoms with Crippen molar-refractivity contribution in [2.24, 2.45) is 7.05 Å². The van der Waals surface area contributed by atoms with Gasteiger partial charge in [-0.25, -0.2) is 13.4 Å². The lowest BCUT2D eigenvalue weighted by Gasteiger charge is -2.18. The van der Waals surface area contributed by atoms with Crippen LogP contribution in [0.1, 0.15) is 0 Å². The number of nitrogens with zero attached hydrogens (tertiary/aromatic N) is 2. The molecule has 1 aliphatic heterocycles. The van der Waals surface area contributed by atoms with E-state index in [4.69, 9.17) is 4.74 Å². The number of hydrogen-bond acceptors (Lipinski definition) is 6. The quantitative estimate of drug-likeness (QED) is 0.663. The molecule has 0 atom stereocenters. The third-order valence-electron chi connectivity index (χ3n) is 3.99. The molecule has 0 unspecified atom stereocenters. The molecule has 4 rings (SSSR count). The van der Waals surface area contributed by atoms with Crippen molar-refractivity contribution in [1.82, 2.24) is 9.55 Å². The van der Waals surface area contributed by atoms with Gasteiger partial charge in [0.1, 0.15) is 5.75 Å². The zero-order chi connectivity index (χ0) is 19.7. The molecule has 8 nitrogen and oxygen atoms in total. The van der Waals surface area contributed by atoms with Gasteiger partial charge in [-0.1, -0.05) is 11.8 Å². The number of fused-ring (bicyclic) bond motifs is 1. The summed E-state index contributed by atoms with van der Waals surface area (Å²) in [6, 6.07) is 11.3. The Labute approximate surface area is 166 Å². The van der Waals surface area contributed by atoms with Crippen LogP contribution in [0.5, 0.6) is 5.75 Å². The van der Waals surface area contributed by atoms with Crippen LogP contribution < -0.4 is 14.8 Å². The monoisotopic (exact) mass is 416 g/mol. The van der Waals surface area contributed by atoms with Crippen molar-refractivity contribution >= 4 is 39.1 Å². The van der Waals surface area contributed by atoms with E-state index in [1.807, 2.05) is 29.9 Å². The number of nitrogens with one attached hydrogen (secondary N) is 2. The molecule has 0 fully saturated rings. The number of sulfonamides is 1. The van der Waals surface area contributed by atoms with Gasteiger partial charge < -0.3 is 14.6 Å². The SMILES string of the molecule is Cn1ccnc1Sc1ccc(NS(=O)(=O)c2ccc3c(c2)NC(=O)CO3)cc1. The van der Waals surface area contributed by atoms with E-state index >= 15 is 0 Å². The third-order valence-corrected chi connectivity index (χ3v) is 6.45. The summed E-state index contributed by atoms with van der Waals surface area (Å²) < 4.78 is 35.0. The second-order valence-electron chi connectivity index (χ2n) is 6.05. The number of rotatable bonds is 5. The number of anilines is 2. The van der Waals surface area contributed by atoms with E-state index in [1.54, 1.807) is 18.3 Å². The summed E-state index contributed by atoms with van der Waals surface area (Å²) in [5.41, 5.74) is 0.767. The number of aromatic nitrogens is 2. The predicted octanol–water partition coefficient (Wildman–Crippen LogP) is 2.70. The molecule has 1 aromatic heterocycles. The molecule has 0 spiro atoms. The summed E-state index contributed by atoms with van der Waals surface area (Å²) in [6.07, 6.45) is 3.58. The lowest BCUT2D eigenvalue weighted by atomic mass is 10.2. The largest absolute Gasteiger partial charge is 0.482 e. The maximum atomic E-state index is 12.7. The molecule has 2 aromatic carbocycles. The number of carbonyl (C=O) groups is 1. The summed E-state index contributed by atoms with van der Waals surface area (Å²) in [7, 11) is -1.91. The molecule has 0 saturated carbocycles. The van der Waals surface area contributed by atoms with Crippen LogP contribution >= 0.6 is 11.8 Å². The summed E-state index contributed by atoms with van der Waals surface area (Å²) >= 11 is 1.48. The maximum Gasteiger partial charge on any atom is 0.262 e. The van der Waals surface area contributed by atoms with Crippen LogP contribution in [0.15, 0.2) is 69.8 Å². The van der Waals surface area contributed by atoms with Crippen LogP contribution in [0.3, 0.4) is 0 Å². The second-order valence-corrected chi connectivity index (χ2v) is 8.77. The van der Waals surface area contributed by atoms with E-state index in [1.165, 1.54) is 30.0 Å². The molecule has 1 amide bonds. The summed E-state index contributed by atoms with van der Waals surface area (Å²) in [4.78, 5) is 16.6. The molecule has 144 valence electrons. The first kappa shape index (κ1) is 18.4. The van der Waals surface area contributed by atoms with Crippen LogP contribution in [-0.4, -0.2) is 30.5 Å². The van der Waals surface area contributed by atoms with Gasteiger partial charge in [-0.05, 0) is 42.5 Å². The average Bonchev–Trinajstić information content (AvgIpc) is 3.07. The molecule has 0 bridgehead atoms. The van der Waals surface area contributed by atoms with E-state index in [2.05, 4.69) is 15.0 Å². The van der Waals surface area contributed by atoms with E-state index in [9.17, 15) is 13.2 Å². The number of hydrogen-bond donors (Lipinski definition) is 2. The number of benzene rings is 2. The lowest BCUT2D eigenvalue weighted by molar-refractivity contribution is -0.118. The van der Waals surface area contributed by atoms with Crippen molar-refractivity contribution in [3.05, 3.63) is 54.9 Å². The molecule has 0 radical (unpaired) electrons. The van der Waals surface area contributed by atoms with Crippen LogP contribution in [-0.2, 0) is 21.9 Å². The first-order valence-electron chi connectivity index (χ1n) is 8.25. The van der Waals surface area contributed by atoms with Gasteiger partial charge in [0.25, 0.3) is 15.9 Å². The predicted molar refractivity (Wildman–Crippen MR) is 105 cm³/mol. The fourth-order valence-corrected chi connectivity index (χ4v) is 4.48. The maximum absolute atomic E-state index is 12.7. The first-order chi connectivity index (χ1) is 13.4.